The van der Waals surface area contributed by atoms with Gasteiger partial charge in [-0.3, -0.25) is 4.79 Å². The summed E-state index contributed by atoms with van der Waals surface area (Å²) in [6.07, 6.45) is 2.26. The second-order valence-electron chi connectivity index (χ2n) is 3.17. The predicted molar refractivity (Wildman–Crippen MR) is 59.9 cm³/mol. The molecule has 0 fully saturated rings. The van der Waals surface area contributed by atoms with Gasteiger partial charge >= 0.3 is 0 Å². The molecule has 0 spiro atoms. The second-order valence-corrected chi connectivity index (χ2v) is 3.61. The maximum Gasteiger partial charge on any atom is 0.186 e. The van der Waals surface area contributed by atoms with Gasteiger partial charge < -0.3 is 9.64 Å². The molecule has 4 heteroatoms. The number of nitrogens with zero attached hydrogens (tertiary/aromatic N) is 1. The van der Waals surface area contributed by atoms with Gasteiger partial charge in [0.1, 0.15) is 5.75 Å². The van der Waals surface area contributed by atoms with E-state index in [1.165, 1.54) is 0 Å². The summed E-state index contributed by atoms with van der Waals surface area (Å²) in [5.41, 5.74) is 0. The van der Waals surface area contributed by atoms with Gasteiger partial charge in [-0.2, -0.15) is 0 Å². The molecule has 0 aromatic heterocycles. The highest BCUT2D eigenvalue weighted by Crippen LogP contribution is 2.17. The number of carbonyl (C=O) groups excluding carboxylic acids is 1. The maximum absolute atomic E-state index is 10.7. The molecule has 1 aromatic carbocycles. The predicted octanol–water partition coefficient (Wildman–Crippen LogP) is 2.32. The summed E-state index contributed by atoms with van der Waals surface area (Å²) in [5.74, 6) is 0.835. The highest BCUT2D eigenvalue weighted by atomic mass is 35.5. The van der Waals surface area contributed by atoms with E-state index >= 15 is 0 Å². The Kier molecular flexibility index (Phi) is 4.18. The number of benzene rings is 1. The molecule has 0 saturated carbocycles. The van der Waals surface area contributed by atoms with Crippen LogP contribution in [0, 0.1) is 0 Å². The summed E-state index contributed by atoms with van der Waals surface area (Å²) in [6, 6.07) is 6.81. The molecule has 0 aliphatic rings. The monoisotopic (exact) mass is 225 g/mol. The van der Waals surface area contributed by atoms with Gasteiger partial charge in [0.05, 0.1) is 0 Å². The molecule has 0 amide bonds. The lowest BCUT2D eigenvalue weighted by Crippen LogP contribution is -2.07. The van der Waals surface area contributed by atoms with Gasteiger partial charge in [-0.1, -0.05) is 11.6 Å². The number of hydrogen-bond donors (Lipinski definition) is 0. The highest BCUT2D eigenvalue weighted by Gasteiger charge is 1.99. The van der Waals surface area contributed by atoms with Crippen LogP contribution in [0.4, 0.5) is 0 Å². The van der Waals surface area contributed by atoms with Gasteiger partial charge in [0.15, 0.2) is 12.0 Å². The van der Waals surface area contributed by atoms with Crippen molar-refractivity contribution in [2.75, 3.05) is 14.1 Å². The Bertz CT molecular complexity index is 357. The zero-order valence-electron chi connectivity index (χ0n) is 8.61. The van der Waals surface area contributed by atoms with Crippen molar-refractivity contribution in [2.45, 2.75) is 0 Å². The number of halogens is 1. The van der Waals surface area contributed by atoms with E-state index in [0.717, 1.165) is 0 Å². The molecule has 3 nitrogen and oxygen atoms in total. The van der Waals surface area contributed by atoms with Crippen molar-refractivity contribution in [3.8, 4) is 5.75 Å². The molecule has 0 aliphatic heterocycles. The lowest BCUT2D eigenvalue weighted by molar-refractivity contribution is -0.106. The molecule has 0 N–H and O–H groups in total. The molecule has 0 atom stereocenters. The summed E-state index contributed by atoms with van der Waals surface area (Å²) in [7, 11) is 3.63. The van der Waals surface area contributed by atoms with Crippen molar-refractivity contribution >= 4 is 17.9 Å². The first-order valence-corrected chi connectivity index (χ1v) is 4.76. The fraction of sp³-hybridized carbons (Fsp3) is 0.182. The Morgan fingerprint density at radius 3 is 2.40 bits per heavy atom. The highest BCUT2D eigenvalue weighted by molar-refractivity contribution is 6.30. The Balaban J connectivity index is 2.75. The molecule has 15 heavy (non-hydrogen) atoms. The van der Waals surface area contributed by atoms with Crippen molar-refractivity contribution in [1.82, 2.24) is 4.90 Å². The Morgan fingerprint density at radius 1 is 1.33 bits per heavy atom. The van der Waals surface area contributed by atoms with Crippen molar-refractivity contribution in [2.24, 2.45) is 0 Å². The van der Waals surface area contributed by atoms with Crippen molar-refractivity contribution in [3.63, 3.8) is 0 Å². The van der Waals surface area contributed by atoms with Gasteiger partial charge in [0.25, 0.3) is 0 Å². The first-order valence-electron chi connectivity index (χ1n) is 4.38. The molecule has 0 saturated heterocycles. The topological polar surface area (TPSA) is 29.5 Å². The SMILES string of the molecule is CN(C)/C=C(/C=O)Oc1ccc(Cl)cc1. The maximum atomic E-state index is 10.7. The van der Waals surface area contributed by atoms with E-state index in [0.29, 0.717) is 17.1 Å². The molecule has 0 aliphatic carbocycles. The molecule has 0 heterocycles. The van der Waals surface area contributed by atoms with Crippen LogP contribution < -0.4 is 4.74 Å². The molecule has 0 radical (unpaired) electrons. The molecule has 0 bridgehead atoms. The van der Waals surface area contributed by atoms with Gasteiger partial charge in [0.2, 0.25) is 0 Å². The summed E-state index contributed by atoms with van der Waals surface area (Å²) < 4.78 is 5.32. The zero-order valence-corrected chi connectivity index (χ0v) is 9.36. The van der Waals surface area contributed by atoms with Crippen LogP contribution >= 0.6 is 11.6 Å². The average molecular weight is 226 g/mol. The molecular formula is C11H12ClNO2. The van der Waals surface area contributed by atoms with E-state index in [-0.39, 0.29) is 5.76 Å². The summed E-state index contributed by atoms with van der Waals surface area (Å²) in [6.45, 7) is 0. The van der Waals surface area contributed by atoms with E-state index in [2.05, 4.69) is 0 Å². The number of allylic oxidation sites excluding steroid dienone is 1. The fourth-order valence-electron chi connectivity index (χ4n) is 0.974. The minimum atomic E-state index is 0.252. The average Bonchev–Trinajstić information content (AvgIpc) is 2.19. The Morgan fingerprint density at radius 2 is 1.93 bits per heavy atom. The summed E-state index contributed by atoms with van der Waals surface area (Å²) in [4.78, 5) is 12.4. The molecule has 1 rings (SSSR count). The Labute approximate surface area is 93.9 Å². The van der Waals surface area contributed by atoms with Crippen LogP contribution in [0.25, 0.3) is 0 Å². The number of aldehydes is 1. The van der Waals surface area contributed by atoms with Crippen LogP contribution in [0.15, 0.2) is 36.2 Å². The van der Waals surface area contributed by atoms with Crippen LogP contribution in [-0.4, -0.2) is 25.3 Å². The molecule has 80 valence electrons. The quantitative estimate of drug-likeness (QED) is 0.448. The lowest BCUT2D eigenvalue weighted by atomic mass is 10.3. The normalized spacial score (nSPS) is 11.0. The third-order valence-corrected chi connectivity index (χ3v) is 1.80. The van der Waals surface area contributed by atoms with Gasteiger partial charge in [-0.25, -0.2) is 0 Å². The van der Waals surface area contributed by atoms with Gasteiger partial charge in [0, 0.05) is 25.3 Å². The van der Waals surface area contributed by atoms with E-state index in [9.17, 15) is 4.79 Å². The number of hydrogen-bond acceptors (Lipinski definition) is 3. The van der Waals surface area contributed by atoms with Crippen LogP contribution in [0.1, 0.15) is 0 Å². The van der Waals surface area contributed by atoms with E-state index < -0.39 is 0 Å². The van der Waals surface area contributed by atoms with Crippen molar-refractivity contribution in [1.29, 1.82) is 0 Å². The minimum absolute atomic E-state index is 0.252. The number of rotatable bonds is 4. The van der Waals surface area contributed by atoms with Crippen LogP contribution in [0.2, 0.25) is 5.02 Å². The Hall–Kier alpha value is -1.48. The zero-order chi connectivity index (χ0) is 11.3. The van der Waals surface area contributed by atoms with Crippen LogP contribution in [-0.2, 0) is 4.79 Å². The number of ether oxygens (including phenoxy) is 1. The minimum Gasteiger partial charge on any atom is -0.452 e. The fourth-order valence-corrected chi connectivity index (χ4v) is 1.10. The third kappa shape index (κ3) is 4.04. The first-order chi connectivity index (χ1) is 7.11. The number of carbonyl (C=O) groups is 1. The second kappa shape index (κ2) is 5.41. The van der Waals surface area contributed by atoms with Gasteiger partial charge in [-0.15, -0.1) is 0 Å². The third-order valence-electron chi connectivity index (χ3n) is 1.55. The van der Waals surface area contributed by atoms with E-state index in [1.807, 2.05) is 14.1 Å². The standard InChI is InChI=1S/C11H12ClNO2/c1-13(2)7-11(8-14)15-10-5-3-9(12)4-6-10/h3-8H,1-2H3/b11-7-. The summed E-state index contributed by atoms with van der Waals surface area (Å²) >= 11 is 5.72. The first kappa shape index (κ1) is 11.6. The van der Waals surface area contributed by atoms with Gasteiger partial charge in [-0.05, 0) is 24.3 Å². The molecule has 0 unspecified atom stereocenters. The van der Waals surface area contributed by atoms with E-state index in [4.69, 9.17) is 16.3 Å². The molecular weight excluding hydrogens is 214 g/mol. The van der Waals surface area contributed by atoms with Crippen LogP contribution in [0.3, 0.4) is 0 Å². The largest absolute Gasteiger partial charge is 0.452 e. The van der Waals surface area contributed by atoms with E-state index in [1.54, 1.807) is 35.4 Å². The van der Waals surface area contributed by atoms with Crippen molar-refractivity contribution in [3.05, 3.63) is 41.2 Å². The smallest absolute Gasteiger partial charge is 0.186 e. The summed E-state index contributed by atoms with van der Waals surface area (Å²) in [5, 5.41) is 0.631. The van der Waals surface area contributed by atoms with Crippen molar-refractivity contribution < 1.29 is 9.53 Å². The molecule has 1 aromatic rings. The lowest BCUT2D eigenvalue weighted by Gasteiger charge is -2.08. The van der Waals surface area contributed by atoms with Crippen LogP contribution in [0.5, 0.6) is 5.75 Å².